The lowest BCUT2D eigenvalue weighted by molar-refractivity contribution is -0.116. The van der Waals surface area contributed by atoms with E-state index >= 15 is 0 Å². The van der Waals surface area contributed by atoms with Crippen LogP contribution in [0.2, 0.25) is 0 Å². The minimum atomic E-state index is -0.0877. The molecule has 0 saturated carbocycles. The molecule has 2 rings (SSSR count). The molecule has 0 aliphatic carbocycles. The molecule has 0 spiro atoms. The first-order valence-electron chi connectivity index (χ1n) is 4.67. The fourth-order valence-electron chi connectivity index (χ4n) is 1.52. The van der Waals surface area contributed by atoms with Gasteiger partial charge in [-0.25, -0.2) is 0 Å². The van der Waals surface area contributed by atoms with E-state index in [1.54, 1.807) is 0 Å². The first-order chi connectivity index (χ1) is 7.18. The van der Waals surface area contributed by atoms with E-state index in [9.17, 15) is 9.59 Å². The van der Waals surface area contributed by atoms with Gasteiger partial charge in [-0.05, 0) is 13.0 Å². The zero-order valence-corrected chi connectivity index (χ0v) is 9.14. The van der Waals surface area contributed by atoms with Crippen molar-refractivity contribution in [3.63, 3.8) is 0 Å². The van der Waals surface area contributed by atoms with Gasteiger partial charge in [-0.1, -0.05) is 18.2 Å². The zero-order chi connectivity index (χ0) is 10.8. The predicted octanol–water partition coefficient (Wildman–Crippen LogP) is 3.06. The summed E-state index contributed by atoms with van der Waals surface area (Å²) in [7, 11) is 0. The van der Waals surface area contributed by atoms with Crippen LogP contribution in [0.5, 0.6) is 0 Å². The van der Waals surface area contributed by atoms with Crippen LogP contribution in [0.25, 0.3) is 10.1 Å². The van der Waals surface area contributed by atoms with Gasteiger partial charge >= 0.3 is 0 Å². The summed E-state index contributed by atoms with van der Waals surface area (Å²) >= 11 is 1.54. The molecule has 0 fully saturated rings. The Bertz CT molecular complexity index is 525. The van der Waals surface area contributed by atoms with Crippen LogP contribution in [0, 0.1) is 0 Å². The van der Waals surface area contributed by atoms with Crippen LogP contribution in [0.15, 0.2) is 29.6 Å². The Morgan fingerprint density at radius 1 is 1.27 bits per heavy atom. The maximum absolute atomic E-state index is 11.7. The lowest BCUT2D eigenvalue weighted by Gasteiger charge is -1.95. The highest BCUT2D eigenvalue weighted by molar-refractivity contribution is 7.17. The molecule has 1 aromatic heterocycles. The molecule has 0 radical (unpaired) electrons. The minimum absolute atomic E-state index is 0.000722. The number of thiophene rings is 1. The molecule has 0 saturated heterocycles. The Labute approximate surface area is 91.5 Å². The summed E-state index contributed by atoms with van der Waals surface area (Å²) in [6.07, 6.45) is 0.000722. The van der Waals surface area contributed by atoms with Crippen molar-refractivity contribution in [3.05, 3.63) is 35.2 Å². The average Bonchev–Trinajstić information content (AvgIpc) is 2.59. The van der Waals surface area contributed by atoms with Crippen molar-refractivity contribution < 1.29 is 9.59 Å². The van der Waals surface area contributed by atoms with Gasteiger partial charge in [0.25, 0.3) is 0 Å². The maximum atomic E-state index is 11.7. The normalized spacial score (nSPS) is 10.5. The zero-order valence-electron chi connectivity index (χ0n) is 8.32. The molecule has 0 unspecified atom stereocenters. The Kier molecular flexibility index (Phi) is 2.64. The lowest BCUT2D eigenvalue weighted by atomic mass is 10.1. The fraction of sp³-hybridized carbons (Fsp3) is 0.167. The quantitative estimate of drug-likeness (QED) is 0.586. The predicted molar refractivity (Wildman–Crippen MR) is 61.5 cm³/mol. The second-order valence-corrected chi connectivity index (χ2v) is 4.36. The highest BCUT2D eigenvalue weighted by atomic mass is 32.1. The molecule has 76 valence electrons. The molecule has 1 heterocycles. The van der Waals surface area contributed by atoms with E-state index in [0.29, 0.717) is 5.56 Å². The number of Topliss-reactive ketones (excluding diaryl/α,β-unsaturated/α-hetero) is 2. The van der Waals surface area contributed by atoms with Gasteiger partial charge in [0.05, 0.1) is 6.42 Å². The standard InChI is InChI=1S/C12H10O2S/c1-8(13)6-11(14)10-7-15-12-5-3-2-4-9(10)12/h2-5,7H,6H2,1H3. The van der Waals surface area contributed by atoms with Crippen LogP contribution in [0.3, 0.4) is 0 Å². The molecule has 2 aromatic rings. The Morgan fingerprint density at radius 2 is 2.00 bits per heavy atom. The van der Waals surface area contributed by atoms with Gasteiger partial charge in [-0.15, -0.1) is 11.3 Å². The Hall–Kier alpha value is -1.48. The highest BCUT2D eigenvalue weighted by Gasteiger charge is 2.13. The summed E-state index contributed by atoms with van der Waals surface area (Å²) in [6.45, 7) is 1.44. The summed E-state index contributed by atoms with van der Waals surface area (Å²) in [5.41, 5.74) is 0.672. The first-order valence-corrected chi connectivity index (χ1v) is 5.55. The largest absolute Gasteiger partial charge is 0.300 e. The number of carbonyl (C=O) groups is 2. The molecule has 1 aromatic carbocycles. The molecule has 0 aliphatic heterocycles. The molecule has 15 heavy (non-hydrogen) atoms. The number of benzene rings is 1. The van der Waals surface area contributed by atoms with Crippen LogP contribution in [-0.2, 0) is 4.79 Å². The van der Waals surface area contributed by atoms with Crippen LogP contribution in [0.1, 0.15) is 23.7 Å². The molecule has 3 heteroatoms. The van der Waals surface area contributed by atoms with Gasteiger partial charge in [0.2, 0.25) is 0 Å². The lowest BCUT2D eigenvalue weighted by Crippen LogP contribution is -2.03. The van der Waals surface area contributed by atoms with E-state index in [4.69, 9.17) is 0 Å². The van der Waals surface area contributed by atoms with E-state index in [1.807, 2.05) is 29.6 Å². The second-order valence-electron chi connectivity index (χ2n) is 3.45. The molecule has 0 bridgehead atoms. The van der Waals surface area contributed by atoms with Gasteiger partial charge in [-0.2, -0.15) is 0 Å². The summed E-state index contributed by atoms with van der Waals surface area (Å²) in [4.78, 5) is 22.6. The molecule has 0 aliphatic rings. The molecule has 0 atom stereocenters. The van der Waals surface area contributed by atoms with E-state index in [-0.39, 0.29) is 18.0 Å². The van der Waals surface area contributed by atoms with Crippen molar-refractivity contribution in [3.8, 4) is 0 Å². The summed E-state index contributed by atoms with van der Waals surface area (Å²) in [5, 5.41) is 2.78. The molecular weight excluding hydrogens is 208 g/mol. The van der Waals surface area contributed by atoms with Crippen molar-refractivity contribution >= 4 is 33.0 Å². The van der Waals surface area contributed by atoms with Crippen molar-refractivity contribution in [1.82, 2.24) is 0 Å². The van der Waals surface area contributed by atoms with Crippen molar-refractivity contribution in [2.45, 2.75) is 13.3 Å². The van der Waals surface area contributed by atoms with Gasteiger partial charge in [0, 0.05) is 21.0 Å². The van der Waals surface area contributed by atoms with Gasteiger partial charge in [0.1, 0.15) is 5.78 Å². The molecule has 2 nitrogen and oxygen atoms in total. The number of hydrogen-bond acceptors (Lipinski definition) is 3. The number of rotatable bonds is 3. The first kappa shape index (κ1) is 10.1. The number of carbonyl (C=O) groups excluding carboxylic acids is 2. The summed E-state index contributed by atoms with van der Waals surface area (Å²) < 4.78 is 1.09. The van der Waals surface area contributed by atoms with Crippen LogP contribution >= 0.6 is 11.3 Å². The molecule has 0 N–H and O–H groups in total. The summed E-state index contributed by atoms with van der Waals surface area (Å²) in [6, 6.07) is 7.74. The third kappa shape index (κ3) is 1.97. The van der Waals surface area contributed by atoms with Gasteiger partial charge in [0.15, 0.2) is 5.78 Å². The topological polar surface area (TPSA) is 34.1 Å². The molecular formula is C12H10O2S. The van der Waals surface area contributed by atoms with E-state index in [2.05, 4.69) is 0 Å². The highest BCUT2D eigenvalue weighted by Crippen LogP contribution is 2.26. The minimum Gasteiger partial charge on any atom is -0.300 e. The number of ketones is 2. The van der Waals surface area contributed by atoms with E-state index in [0.717, 1.165) is 10.1 Å². The monoisotopic (exact) mass is 218 g/mol. The fourth-order valence-corrected chi connectivity index (χ4v) is 2.48. The number of hydrogen-bond donors (Lipinski definition) is 0. The average molecular weight is 218 g/mol. The SMILES string of the molecule is CC(=O)CC(=O)c1csc2ccccc12. The van der Waals surface area contributed by atoms with Crippen LogP contribution < -0.4 is 0 Å². The third-order valence-corrected chi connectivity index (χ3v) is 3.15. The van der Waals surface area contributed by atoms with Crippen molar-refractivity contribution in [2.24, 2.45) is 0 Å². The third-order valence-electron chi connectivity index (χ3n) is 2.19. The van der Waals surface area contributed by atoms with Crippen molar-refractivity contribution in [2.75, 3.05) is 0 Å². The van der Waals surface area contributed by atoms with E-state index < -0.39 is 0 Å². The maximum Gasteiger partial charge on any atom is 0.171 e. The molecule has 0 amide bonds. The van der Waals surface area contributed by atoms with Crippen LogP contribution in [-0.4, -0.2) is 11.6 Å². The number of fused-ring (bicyclic) bond motifs is 1. The van der Waals surface area contributed by atoms with Gasteiger partial charge < -0.3 is 0 Å². The summed E-state index contributed by atoms with van der Waals surface area (Å²) in [5.74, 6) is -0.171. The Balaban J connectivity index is 2.44. The van der Waals surface area contributed by atoms with E-state index in [1.165, 1.54) is 18.3 Å². The Morgan fingerprint density at radius 3 is 2.73 bits per heavy atom. The second kappa shape index (κ2) is 3.95. The van der Waals surface area contributed by atoms with Crippen molar-refractivity contribution in [1.29, 1.82) is 0 Å². The van der Waals surface area contributed by atoms with Gasteiger partial charge in [-0.3, -0.25) is 9.59 Å². The smallest absolute Gasteiger partial charge is 0.171 e. The van der Waals surface area contributed by atoms with Crippen LogP contribution in [0.4, 0.5) is 0 Å².